The number of unbranched alkanes of at least 4 members (excludes halogenated alkanes) is 12. The second-order valence-corrected chi connectivity index (χ2v) is 23.8. The van der Waals surface area contributed by atoms with E-state index in [1.807, 2.05) is 21.1 Å². The quantitative estimate of drug-likeness (QED) is 0.0211. The van der Waals surface area contributed by atoms with E-state index in [9.17, 15) is 19.0 Å². The Kier molecular flexibility index (Phi) is 60.5. The van der Waals surface area contributed by atoms with Gasteiger partial charge in [0.2, 0.25) is 0 Å². The normalized spacial score (nSPS) is 14.4. The van der Waals surface area contributed by atoms with E-state index in [2.05, 4.69) is 208 Å². The molecule has 9 nitrogen and oxygen atoms in total. The average Bonchev–Trinajstić information content (AvgIpc) is 3.56. The van der Waals surface area contributed by atoms with E-state index in [-0.39, 0.29) is 26.1 Å². The van der Waals surface area contributed by atoms with Crippen LogP contribution in [0.1, 0.15) is 219 Å². The van der Waals surface area contributed by atoms with Gasteiger partial charge in [0.05, 0.1) is 27.7 Å². The van der Waals surface area contributed by atoms with E-state index in [4.69, 9.17) is 18.5 Å². The summed E-state index contributed by atoms with van der Waals surface area (Å²) in [6, 6.07) is 0. The molecule has 0 radical (unpaired) electrons. The number of quaternary nitrogens is 1. The Labute approximate surface area is 526 Å². The number of hydrogen-bond acceptors (Lipinski definition) is 7. The van der Waals surface area contributed by atoms with Gasteiger partial charge >= 0.3 is 19.8 Å². The summed E-state index contributed by atoms with van der Waals surface area (Å²) in [5.74, 6) is -0.885. The summed E-state index contributed by atoms with van der Waals surface area (Å²) in [5, 5.41) is 0. The second-order valence-electron chi connectivity index (χ2n) is 22.4. The standard InChI is InChI=1S/C76H120NO8P/c1-6-8-10-12-14-16-18-20-22-24-26-28-30-31-32-33-34-35-36-37-38-39-40-41-42-43-44-45-47-49-51-53-55-57-59-61-63-65-67-69-76(79)85-74(73-84-86(80,81)83-71-70-77(3,4)5)72-82-75(78)68-66-64-62-60-58-56-54-52-50-48-46-29-27-25-23-21-19-17-15-13-11-9-7-2/h8-11,14-17,20-23,26-29,31-32,34-35,37-38,40-41,43-44,48,50,54,56,60,62,74H,6-7,12-13,18-19,24-25,30,33,36,39,42,45-47,49,51-53,55,57-59,61,63-73H2,1-5H3/p+1/b10-8-,11-9-,16-14-,17-15-,22-20-,23-21-,28-26-,29-27-,32-31-,35-34-,38-37-,41-40-,44-43-,50-48-,56-54-,62-60-. The van der Waals surface area contributed by atoms with Gasteiger partial charge in [0.15, 0.2) is 6.10 Å². The van der Waals surface area contributed by atoms with Crippen LogP contribution in [0.2, 0.25) is 0 Å². The molecular weight excluding hydrogens is 1090 g/mol. The van der Waals surface area contributed by atoms with E-state index in [1.165, 1.54) is 44.9 Å². The van der Waals surface area contributed by atoms with Crippen molar-refractivity contribution in [2.45, 2.75) is 225 Å². The number of hydrogen-bond donors (Lipinski definition) is 1. The van der Waals surface area contributed by atoms with Crippen LogP contribution in [-0.4, -0.2) is 74.9 Å². The first-order valence-electron chi connectivity index (χ1n) is 33.2. The topological polar surface area (TPSA) is 108 Å². The summed E-state index contributed by atoms with van der Waals surface area (Å²) < 4.78 is 34.6. The van der Waals surface area contributed by atoms with Gasteiger partial charge in [0.25, 0.3) is 0 Å². The lowest BCUT2D eigenvalue weighted by Crippen LogP contribution is -2.37. The van der Waals surface area contributed by atoms with Crippen LogP contribution in [0.3, 0.4) is 0 Å². The number of rotatable bonds is 58. The summed E-state index contributed by atoms with van der Waals surface area (Å²) in [6.07, 6.45) is 101. The monoisotopic (exact) mass is 1210 g/mol. The molecule has 0 bridgehead atoms. The molecule has 0 saturated heterocycles. The molecular formula is C76H121NO8P+. The molecule has 0 aromatic rings. The average molecular weight is 1210 g/mol. The molecule has 0 heterocycles. The van der Waals surface area contributed by atoms with Crippen molar-refractivity contribution >= 4 is 19.8 Å². The predicted molar refractivity (Wildman–Crippen MR) is 371 cm³/mol. The Bertz CT molecular complexity index is 2150. The highest BCUT2D eigenvalue weighted by atomic mass is 31.2. The lowest BCUT2D eigenvalue weighted by molar-refractivity contribution is -0.870. The number of carbonyl (C=O) groups excluding carboxylic acids is 2. The summed E-state index contributed by atoms with van der Waals surface area (Å²) in [5.41, 5.74) is 0. The van der Waals surface area contributed by atoms with E-state index >= 15 is 0 Å². The Balaban J connectivity index is 4.20. The van der Waals surface area contributed by atoms with Gasteiger partial charge in [0, 0.05) is 12.8 Å². The van der Waals surface area contributed by atoms with Crippen LogP contribution in [0.4, 0.5) is 0 Å². The van der Waals surface area contributed by atoms with Crippen LogP contribution in [0.5, 0.6) is 0 Å². The zero-order valence-electron chi connectivity index (χ0n) is 54.7. The highest BCUT2D eigenvalue weighted by Gasteiger charge is 2.27. The lowest BCUT2D eigenvalue weighted by Gasteiger charge is -2.24. The highest BCUT2D eigenvalue weighted by molar-refractivity contribution is 7.47. The minimum Gasteiger partial charge on any atom is -0.462 e. The number of esters is 2. The molecule has 0 rings (SSSR count). The third-order valence-electron chi connectivity index (χ3n) is 13.1. The van der Waals surface area contributed by atoms with E-state index in [1.54, 1.807) is 0 Å². The fourth-order valence-corrected chi connectivity index (χ4v) is 8.86. The maximum absolute atomic E-state index is 12.9. The van der Waals surface area contributed by atoms with Crippen LogP contribution in [0.25, 0.3) is 0 Å². The molecule has 0 amide bonds. The number of ether oxygens (including phenoxy) is 2. The molecule has 482 valence electrons. The summed E-state index contributed by atoms with van der Waals surface area (Å²) in [7, 11) is 1.42. The first-order chi connectivity index (χ1) is 42.0. The molecule has 2 unspecified atom stereocenters. The molecule has 0 aliphatic carbocycles. The van der Waals surface area contributed by atoms with Crippen LogP contribution >= 0.6 is 7.82 Å². The molecule has 2 atom stereocenters. The van der Waals surface area contributed by atoms with Gasteiger partial charge in [0.1, 0.15) is 19.8 Å². The zero-order chi connectivity index (χ0) is 62.6. The molecule has 86 heavy (non-hydrogen) atoms. The maximum Gasteiger partial charge on any atom is 0.472 e. The van der Waals surface area contributed by atoms with E-state index in [0.29, 0.717) is 23.9 Å². The van der Waals surface area contributed by atoms with Crippen molar-refractivity contribution in [3.8, 4) is 0 Å². The molecule has 0 aromatic heterocycles. The Morgan fingerprint density at radius 2 is 0.640 bits per heavy atom. The van der Waals surface area contributed by atoms with Gasteiger partial charge in [-0.05, 0) is 135 Å². The van der Waals surface area contributed by atoms with Crippen LogP contribution < -0.4 is 0 Å². The molecule has 10 heteroatoms. The number of phosphoric acid groups is 1. The van der Waals surface area contributed by atoms with Gasteiger partial charge < -0.3 is 18.9 Å². The number of allylic oxidation sites excluding steroid dienone is 32. The third-order valence-corrected chi connectivity index (χ3v) is 14.1. The van der Waals surface area contributed by atoms with Gasteiger partial charge in [-0.1, -0.05) is 266 Å². The molecule has 0 aliphatic rings. The minimum absolute atomic E-state index is 0.0113. The van der Waals surface area contributed by atoms with Crippen molar-refractivity contribution in [3.63, 3.8) is 0 Å². The van der Waals surface area contributed by atoms with Crippen LogP contribution in [0.15, 0.2) is 194 Å². The summed E-state index contributed by atoms with van der Waals surface area (Å²) in [4.78, 5) is 35.8. The van der Waals surface area contributed by atoms with Crippen molar-refractivity contribution < 1.29 is 42.1 Å². The van der Waals surface area contributed by atoms with Crippen molar-refractivity contribution in [1.29, 1.82) is 0 Å². The Hall–Kier alpha value is -5.15. The molecule has 0 spiro atoms. The molecule has 0 aliphatic heterocycles. The second kappa shape index (κ2) is 64.3. The maximum atomic E-state index is 12.9. The summed E-state index contributed by atoms with van der Waals surface area (Å²) in [6.45, 7) is 4.11. The van der Waals surface area contributed by atoms with Crippen molar-refractivity contribution in [1.82, 2.24) is 0 Å². The highest BCUT2D eigenvalue weighted by Crippen LogP contribution is 2.43. The van der Waals surface area contributed by atoms with Gasteiger partial charge in [-0.2, -0.15) is 0 Å². The van der Waals surface area contributed by atoms with Crippen molar-refractivity contribution in [2.75, 3.05) is 47.5 Å². The number of likely N-dealkylation sites (N-methyl/N-ethyl adjacent to an activating group) is 1. The first kappa shape index (κ1) is 80.8. The number of phosphoric ester groups is 1. The largest absolute Gasteiger partial charge is 0.472 e. The zero-order valence-corrected chi connectivity index (χ0v) is 55.6. The smallest absolute Gasteiger partial charge is 0.462 e. The molecule has 0 fully saturated rings. The van der Waals surface area contributed by atoms with Crippen LogP contribution in [0, 0.1) is 0 Å². The molecule has 0 saturated carbocycles. The first-order valence-corrected chi connectivity index (χ1v) is 34.7. The molecule has 1 N–H and O–H groups in total. The van der Waals surface area contributed by atoms with Crippen molar-refractivity contribution in [3.05, 3.63) is 194 Å². The fourth-order valence-electron chi connectivity index (χ4n) is 8.11. The predicted octanol–water partition coefficient (Wildman–Crippen LogP) is 21.7. The number of carbonyl (C=O) groups is 2. The fraction of sp³-hybridized carbons (Fsp3) is 0.553. The van der Waals surface area contributed by atoms with Gasteiger partial charge in [-0.3, -0.25) is 18.6 Å². The lowest BCUT2D eigenvalue weighted by atomic mass is 10.0. The van der Waals surface area contributed by atoms with Gasteiger partial charge in [-0.25, -0.2) is 4.57 Å². The van der Waals surface area contributed by atoms with Gasteiger partial charge in [-0.15, -0.1) is 0 Å². The van der Waals surface area contributed by atoms with E-state index < -0.39 is 32.5 Å². The third kappa shape index (κ3) is 68.0. The SMILES string of the molecule is CC/C=C\C/C=C\C/C=C\C/C=C\C/C=C\C/C=C\C/C=C\C/C=C\C/C=C\CCCCCCCCCCCCCC(=O)OC(COC(=O)CCC/C=C\C/C=C\C/C=C\C/C=C\C/C=C\C/C=C\C/C=C\CC)COP(=O)(O)OCC[N+](C)(C)C. The minimum atomic E-state index is -4.42. The molecule has 0 aromatic carbocycles. The summed E-state index contributed by atoms with van der Waals surface area (Å²) >= 11 is 0. The van der Waals surface area contributed by atoms with Crippen molar-refractivity contribution in [2.24, 2.45) is 0 Å². The van der Waals surface area contributed by atoms with E-state index in [0.717, 1.165) is 135 Å². The Morgan fingerprint density at radius 3 is 0.965 bits per heavy atom. The van der Waals surface area contributed by atoms with Crippen LogP contribution in [-0.2, 0) is 32.7 Å². The number of nitrogens with zero attached hydrogens (tertiary/aromatic N) is 1. The Morgan fingerprint density at radius 1 is 0.360 bits per heavy atom.